The topological polar surface area (TPSA) is 154 Å². The molecule has 3 amide bonds. The maximum atomic E-state index is 12.9. The molecule has 5 rings (SSSR count). The first-order valence-electron chi connectivity index (χ1n) is 17.0. The van der Waals surface area contributed by atoms with E-state index in [0.717, 1.165) is 77.2 Å². The molecule has 1 unspecified atom stereocenters. The van der Waals surface area contributed by atoms with Gasteiger partial charge in [0.25, 0.3) is 11.8 Å². The Kier molecular flexibility index (Phi) is 12.9. The molecule has 4 N–H and O–H groups in total. The number of hydrogen-bond donors (Lipinski definition) is 3. The maximum absolute atomic E-state index is 12.9. The molecule has 0 saturated heterocycles. The molecule has 3 aliphatic heterocycles. The third kappa shape index (κ3) is 8.39. The van der Waals surface area contributed by atoms with Gasteiger partial charge in [-0.25, -0.2) is 0 Å². The predicted molar refractivity (Wildman–Crippen MR) is 199 cm³/mol. The van der Waals surface area contributed by atoms with Crippen LogP contribution in [0, 0.1) is 13.8 Å². The van der Waals surface area contributed by atoms with E-state index in [1.807, 2.05) is 39.0 Å². The number of rotatable bonds is 11. The van der Waals surface area contributed by atoms with Gasteiger partial charge in [0.1, 0.15) is 0 Å². The van der Waals surface area contributed by atoms with Crippen LogP contribution < -0.4 is 21.0 Å². The van der Waals surface area contributed by atoms with Crippen LogP contribution in [0.25, 0.3) is 41.4 Å². The minimum atomic E-state index is -0.379. The summed E-state index contributed by atoms with van der Waals surface area (Å²) in [6.07, 6.45) is 16.4. The van der Waals surface area contributed by atoms with Crippen molar-refractivity contribution in [2.45, 2.75) is 65.8 Å². The fourth-order valence-corrected chi connectivity index (χ4v) is 6.72. The van der Waals surface area contributed by atoms with Crippen molar-refractivity contribution in [3.05, 3.63) is 120 Å². The Morgan fingerprint density at radius 3 is 2.45 bits per heavy atom. The van der Waals surface area contributed by atoms with E-state index in [-0.39, 0.29) is 66.9 Å². The average molecular weight is 730 g/mol. The van der Waals surface area contributed by atoms with Gasteiger partial charge in [-0.15, -0.1) is 28.2 Å². The molecule has 1 atom stereocenters. The van der Waals surface area contributed by atoms with Crippen molar-refractivity contribution < 1.29 is 36.6 Å². The third-order valence-corrected chi connectivity index (χ3v) is 9.67. The SMILES string of the molecule is C=CC1=C(\C)C/C=c2\[n-]/c(c(CCC(=O)NCCN3C(=O)C=CC3=O)c2C)=C\C2[N-]/C(=C\c3[nH]c(c(C)c3C=C)\C=C\1[NH-])C(C)=C2CCCO.[Fe+3]. The van der Waals surface area contributed by atoms with Gasteiger partial charge in [-0.2, -0.15) is 0 Å². The number of aliphatic hydroxyl groups is 1. The van der Waals surface area contributed by atoms with E-state index < -0.39 is 0 Å². The standard InChI is InChI=1S/C40H47N6O4.Fe/c1-7-27-23(3)11-13-32-25(5)30(12-14-38(48)42-17-18-46-39(49)15-16-40(46)50)37(43-32)22-36-29(10-9-19-47)26(6)34(45-36)21-35-28(8-2)24(4)33(44-35)20-31(27)41;/h7-8,13,15-16,20-22,36,47H,1-2,9-12,14,17-19H2,3-6H3,(H5,41,42,44,45,48,49,50);/q-1;+3/p-2/b27-23-,32-13-,37-22-;. The molecule has 3 aliphatic rings. The van der Waals surface area contributed by atoms with Gasteiger partial charge >= 0.3 is 17.1 Å². The van der Waals surface area contributed by atoms with Crippen LogP contribution in [0.3, 0.4) is 0 Å². The number of fused-ring (bicyclic) bond motifs is 6. The van der Waals surface area contributed by atoms with Gasteiger partial charge in [0.15, 0.2) is 0 Å². The summed E-state index contributed by atoms with van der Waals surface area (Å²) >= 11 is 0. The number of allylic oxidation sites excluding steroid dienone is 3. The molecule has 10 nitrogen and oxygen atoms in total. The zero-order chi connectivity index (χ0) is 36.1. The minimum absolute atomic E-state index is 0. The molecular weight excluding hydrogens is 684 g/mol. The van der Waals surface area contributed by atoms with Crippen LogP contribution in [0.5, 0.6) is 0 Å². The molecule has 0 aromatic carbocycles. The summed E-state index contributed by atoms with van der Waals surface area (Å²) in [5, 5.41) is 19.3. The Bertz CT molecular complexity index is 2020. The number of aliphatic hydroxyl groups excluding tert-OH is 1. The molecule has 5 heterocycles. The number of carbonyl (C=O) groups excluding carboxylic acids is 3. The molecule has 0 aliphatic carbocycles. The molecule has 267 valence electrons. The maximum Gasteiger partial charge on any atom is 3.00 e. The van der Waals surface area contributed by atoms with Gasteiger partial charge in [0, 0.05) is 55.2 Å². The molecular formula is C40H45FeN6O4. The van der Waals surface area contributed by atoms with Crippen molar-refractivity contribution in [1.29, 1.82) is 0 Å². The fourth-order valence-electron chi connectivity index (χ4n) is 6.72. The van der Waals surface area contributed by atoms with Crippen LogP contribution in [0.1, 0.15) is 73.2 Å². The summed E-state index contributed by atoms with van der Waals surface area (Å²) < 4.78 is 0. The van der Waals surface area contributed by atoms with Gasteiger partial charge in [-0.3, -0.25) is 19.3 Å². The predicted octanol–water partition coefficient (Wildman–Crippen LogP) is 4.95. The largest absolute Gasteiger partial charge is 3.00 e. The number of amides is 3. The summed E-state index contributed by atoms with van der Waals surface area (Å²) in [5.41, 5.74) is 19.5. The molecule has 2 aromatic rings. The Morgan fingerprint density at radius 1 is 1.06 bits per heavy atom. The van der Waals surface area contributed by atoms with Gasteiger partial charge in [-0.05, 0) is 64.5 Å². The summed E-state index contributed by atoms with van der Waals surface area (Å²) in [5.74, 6) is -0.950. The van der Waals surface area contributed by atoms with Crippen molar-refractivity contribution in [1.82, 2.24) is 20.2 Å². The zero-order valence-electron chi connectivity index (χ0n) is 29.6. The van der Waals surface area contributed by atoms with E-state index in [4.69, 9.17) is 16.0 Å². The monoisotopic (exact) mass is 729 g/mol. The summed E-state index contributed by atoms with van der Waals surface area (Å²) in [6, 6.07) is -0.307. The average Bonchev–Trinajstić information content (AvgIpc) is 3.76. The van der Waals surface area contributed by atoms with Crippen LogP contribution in [-0.2, 0) is 37.9 Å². The Labute approximate surface area is 309 Å². The first kappa shape index (κ1) is 39.0. The van der Waals surface area contributed by atoms with Crippen LogP contribution in [0.15, 0.2) is 65.1 Å². The molecule has 6 bridgehead atoms. The van der Waals surface area contributed by atoms with Crippen LogP contribution in [-0.4, -0.2) is 58.5 Å². The summed E-state index contributed by atoms with van der Waals surface area (Å²) in [6.45, 7) is 16.5. The molecule has 2 aromatic heterocycles. The molecule has 51 heavy (non-hydrogen) atoms. The second-order valence-electron chi connectivity index (χ2n) is 12.8. The van der Waals surface area contributed by atoms with Gasteiger partial charge in [0.05, 0.1) is 0 Å². The number of aromatic nitrogens is 2. The third-order valence-electron chi connectivity index (χ3n) is 9.67. The van der Waals surface area contributed by atoms with Crippen LogP contribution >= 0.6 is 0 Å². The zero-order valence-corrected chi connectivity index (χ0v) is 30.7. The summed E-state index contributed by atoms with van der Waals surface area (Å²) in [7, 11) is 0. The van der Waals surface area contributed by atoms with E-state index in [1.54, 1.807) is 6.08 Å². The fraction of sp³-hybridized carbons (Fsp3) is 0.325. The van der Waals surface area contributed by atoms with Crippen molar-refractivity contribution in [3.63, 3.8) is 0 Å². The van der Waals surface area contributed by atoms with Gasteiger partial charge in [0.2, 0.25) is 5.91 Å². The number of hydrogen-bond acceptors (Lipinski definition) is 4. The molecule has 0 saturated carbocycles. The number of nitrogens with zero attached hydrogens (tertiary/aromatic N) is 3. The first-order chi connectivity index (χ1) is 24.0. The molecule has 1 radical (unpaired) electrons. The van der Waals surface area contributed by atoms with Crippen molar-refractivity contribution in [2.75, 3.05) is 19.7 Å². The van der Waals surface area contributed by atoms with Crippen LogP contribution in [0.4, 0.5) is 0 Å². The number of H-pyrrole nitrogens is 1. The quantitative estimate of drug-likeness (QED) is 0.221. The van der Waals surface area contributed by atoms with E-state index in [9.17, 15) is 19.5 Å². The normalized spacial score (nSPS) is 22.1. The smallest absolute Gasteiger partial charge is 0.698 e. The number of nitrogens with one attached hydrogen (secondary N) is 3. The van der Waals surface area contributed by atoms with E-state index in [2.05, 4.69) is 42.5 Å². The van der Waals surface area contributed by atoms with E-state index >= 15 is 0 Å². The molecule has 0 spiro atoms. The van der Waals surface area contributed by atoms with Crippen molar-refractivity contribution >= 4 is 48.1 Å². The summed E-state index contributed by atoms with van der Waals surface area (Å²) in [4.78, 5) is 46.3. The van der Waals surface area contributed by atoms with Crippen LogP contribution in [0.2, 0.25) is 0 Å². The first-order valence-corrected chi connectivity index (χ1v) is 17.0. The minimum Gasteiger partial charge on any atom is -0.698 e. The van der Waals surface area contributed by atoms with E-state index in [1.165, 1.54) is 12.2 Å². The Balaban J connectivity index is 0.00000583. The Morgan fingerprint density at radius 2 is 1.78 bits per heavy atom. The second-order valence-corrected chi connectivity index (χ2v) is 12.8. The Hall–Kier alpha value is -4.83. The van der Waals surface area contributed by atoms with Gasteiger partial charge in [-0.1, -0.05) is 77.4 Å². The van der Waals surface area contributed by atoms with Crippen molar-refractivity contribution in [3.8, 4) is 0 Å². The molecule has 11 heteroatoms. The van der Waals surface area contributed by atoms with Gasteiger partial charge < -0.3 is 31.4 Å². The van der Waals surface area contributed by atoms with Crippen molar-refractivity contribution in [2.24, 2.45) is 0 Å². The van der Waals surface area contributed by atoms with E-state index in [0.29, 0.717) is 31.4 Å². The number of carbonyl (C=O) groups is 3. The second kappa shape index (κ2) is 16.9. The molecule has 0 fully saturated rings. The number of imide groups is 1. The number of aromatic amines is 1.